The Hall–Kier alpha value is -4.79. The van der Waals surface area contributed by atoms with Gasteiger partial charge in [-0.2, -0.15) is 5.10 Å². The van der Waals surface area contributed by atoms with E-state index in [1.165, 1.54) is 19.1 Å². The molecule has 3 N–H and O–H groups in total. The average molecular weight is 457 g/mol. The van der Waals surface area contributed by atoms with E-state index < -0.39 is 17.6 Å². The number of carbonyl (C=O) groups excluding carboxylic acids is 3. The number of nitrogens with zero attached hydrogens (tertiary/aromatic N) is 2. The number of aromatic nitrogens is 2. The third kappa shape index (κ3) is 4.99. The van der Waals surface area contributed by atoms with Gasteiger partial charge in [0.2, 0.25) is 5.91 Å². The molecule has 0 atom stereocenters. The minimum absolute atomic E-state index is 0.211. The van der Waals surface area contributed by atoms with Crippen molar-refractivity contribution in [2.45, 2.75) is 6.92 Å². The number of hydrazine groups is 1. The van der Waals surface area contributed by atoms with Gasteiger partial charge in [0.25, 0.3) is 11.8 Å². The number of amides is 3. The summed E-state index contributed by atoms with van der Waals surface area (Å²) in [5.41, 5.74) is 6.53. The van der Waals surface area contributed by atoms with Gasteiger partial charge in [-0.05, 0) is 30.3 Å². The topological polar surface area (TPSA) is 105 Å². The molecule has 0 fully saturated rings. The second kappa shape index (κ2) is 9.78. The first kappa shape index (κ1) is 22.4. The lowest BCUT2D eigenvalue weighted by Gasteiger charge is -2.10. The van der Waals surface area contributed by atoms with Crippen molar-refractivity contribution in [2.24, 2.45) is 0 Å². The van der Waals surface area contributed by atoms with Crippen LogP contribution in [0.4, 0.5) is 10.1 Å². The van der Waals surface area contributed by atoms with Crippen LogP contribution in [0.25, 0.3) is 16.9 Å². The van der Waals surface area contributed by atoms with Crippen molar-refractivity contribution in [2.75, 3.05) is 5.32 Å². The quantitative estimate of drug-likeness (QED) is 0.397. The minimum atomic E-state index is -0.880. The van der Waals surface area contributed by atoms with E-state index in [0.717, 1.165) is 11.8 Å². The minimum Gasteiger partial charge on any atom is -0.326 e. The van der Waals surface area contributed by atoms with E-state index in [2.05, 4.69) is 21.3 Å². The van der Waals surface area contributed by atoms with Gasteiger partial charge in [-0.1, -0.05) is 48.5 Å². The van der Waals surface area contributed by atoms with Gasteiger partial charge < -0.3 is 5.32 Å². The largest absolute Gasteiger partial charge is 0.326 e. The third-order valence-electron chi connectivity index (χ3n) is 4.85. The van der Waals surface area contributed by atoms with Crippen molar-refractivity contribution in [3.63, 3.8) is 0 Å². The van der Waals surface area contributed by atoms with E-state index in [1.54, 1.807) is 10.9 Å². The number of carbonyl (C=O) groups is 3. The molecule has 0 bridgehead atoms. The van der Waals surface area contributed by atoms with Gasteiger partial charge in [0.15, 0.2) is 0 Å². The van der Waals surface area contributed by atoms with Gasteiger partial charge in [-0.25, -0.2) is 9.07 Å². The summed E-state index contributed by atoms with van der Waals surface area (Å²) in [6.45, 7) is 1.29. The molecule has 0 saturated carbocycles. The van der Waals surface area contributed by atoms with Crippen molar-refractivity contribution in [3.8, 4) is 16.9 Å². The van der Waals surface area contributed by atoms with E-state index in [1.807, 2.05) is 60.7 Å². The van der Waals surface area contributed by atoms with Gasteiger partial charge in [0, 0.05) is 24.4 Å². The fraction of sp³-hybridized carbons (Fsp3) is 0.0400. The maximum absolute atomic E-state index is 14.2. The Bertz CT molecular complexity index is 1350. The number of rotatable bonds is 5. The van der Waals surface area contributed by atoms with E-state index in [-0.39, 0.29) is 22.7 Å². The SMILES string of the molecule is CC(=O)Nc1ccc(F)c(C(=O)NNC(=O)c2cn(-c3ccccc3)nc2-c2ccccc2)c1. The zero-order valence-electron chi connectivity index (χ0n) is 18.1. The highest BCUT2D eigenvalue weighted by atomic mass is 19.1. The fourth-order valence-corrected chi connectivity index (χ4v) is 3.29. The first-order valence-corrected chi connectivity index (χ1v) is 10.3. The predicted molar refractivity (Wildman–Crippen MR) is 125 cm³/mol. The fourth-order valence-electron chi connectivity index (χ4n) is 3.29. The second-order valence-electron chi connectivity index (χ2n) is 7.32. The molecule has 1 aromatic heterocycles. The smallest absolute Gasteiger partial charge is 0.273 e. The first-order chi connectivity index (χ1) is 16.4. The van der Waals surface area contributed by atoms with Crippen molar-refractivity contribution in [1.29, 1.82) is 0 Å². The zero-order valence-corrected chi connectivity index (χ0v) is 18.1. The molecule has 4 aromatic rings. The number of para-hydroxylation sites is 1. The molecule has 0 aliphatic carbocycles. The highest BCUT2D eigenvalue weighted by molar-refractivity contribution is 6.03. The number of nitrogens with one attached hydrogen (secondary N) is 3. The van der Waals surface area contributed by atoms with Crippen LogP contribution in [0.1, 0.15) is 27.6 Å². The Balaban J connectivity index is 1.58. The second-order valence-corrected chi connectivity index (χ2v) is 7.32. The van der Waals surface area contributed by atoms with Crippen LogP contribution in [0.5, 0.6) is 0 Å². The molecule has 1 heterocycles. The molecule has 0 spiro atoms. The highest BCUT2D eigenvalue weighted by Gasteiger charge is 2.20. The summed E-state index contributed by atoms with van der Waals surface area (Å²) in [6.07, 6.45) is 1.55. The molecule has 0 unspecified atom stereocenters. The molecule has 3 aromatic carbocycles. The van der Waals surface area contributed by atoms with Crippen LogP contribution in [-0.4, -0.2) is 27.5 Å². The van der Waals surface area contributed by atoms with E-state index in [4.69, 9.17) is 0 Å². The van der Waals surface area contributed by atoms with E-state index in [9.17, 15) is 18.8 Å². The predicted octanol–water partition coefficient (Wildman–Crippen LogP) is 3.71. The Labute approximate surface area is 194 Å². The standard InChI is InChI=1S/C25H20FN5O3/c1-16(32)27-18-12-13-22(26)20(14-18)24(33)28-29-25(34)21-15-31(19-10-6-3-7-11-19)30-23(21)17-8-4-2-5-9-17/h2-15H,1H3,(H,27,32)(H,28,33)(H,29,34). The third-order valence-corrected chi connectivity index (χ3v) is 4.85. The Morgan fingerprint density at radius 2 is 1.44 bits per heavy atom. The lowest BCUT2D eigenvalue weighted by molar-refractivity contribution is -0.114. The summed E-state index contributed by atoms with van der Waals surface area (Å²) in [5, 5.41) is 7.03. The van der Waals surface area contributed by atoms with Crippen molar-refractivity contribution in [1.82, 2.24) is 20.6 Å². The number of anilines is 1. The number of hydrogen-bond acceptors (Lipinski definition) is 4. The van der Waals surface area contributed by atoms with E-state index in [0.29, 0.717) is 11.3 Å². The Kier molecular flexibility index (Phi) is 6.45. The summed E-state index contributed by atoms with van der Waals surface area (Å²) in [4.78, 5) is 36.7. The molecular weight excluding hydrogens is 437 g/mol. The molecule has 9 heteroatoms. The van der Waals surface area contributed by atoms with Crippen LogP contribution in [0.3, 0.4) is 0 Å². The zero-order chi connectivity index (χ0) is 24.1. The van der Waals surface area contributed by atoms with Gasteiger partial charge in [0.1, 0.15) is 11.5 Å². The lowest BCUT2D eigenvalue weighted by Crippen LogP contribution is -2.42. The van der Waals surface area contributed by atoms with Crippen LogP contribution in [0, 0.1) is 5.82 Å². The van der Waals surface area contributed by atoms with Gasteiger partial charge in [-0.3, -0.25) is 25.2 Å². The van der Waals surface area contributed by atoms with Gasteiger partial charge >= 0.3 is 0 Å². The molecule has 0 radical (unpaired) electrons. The van der Waals surface area contributed by atoms with Crippen LogP contribution >= 0.6 is 0 Å². The number of halogens is 1. The van der Waals surface area contributed by atoms with Crippen molar-refractivity contribution >= 4 is 23.4 Å². The monoisotopic (exact) mass is 457 g/mol. The van der Waals surface area contributed by atoms with Crippen LogP contribution < -0.4 is 16.2 Å². The lowest BCUT2D eigenvalue weighted by atomic mass is 10.1. The van der Waals surface area contributed by atoms with Gasteiger partial charge in [-0.15, -0.1) is 0 Å². The molecular formula is C25H20FN5O3. The summed E-state index contributed by atoms with van der Waals surface area (Å²) in [6, 6.07) is 22.0. The van der Waals surface area contributed by atoms with Crippen LogP contribution in [-0.2, 0) is 4.79 Å². The first-order valence-electron chi connectivity index (χ1n) is 10.3. The average Bonchev–Trinajstić information content (AvgIpc) is 3.30. The molecule has 3 amide bonds. The molecule has 4 rings (SSSR count). The molecule has 34 heavy (non-hydrogen) atoms. The summed E-state index contributed by atoms with van der Waals surface area (Å²) < 4.78 is 15.7. The maximum Gasteiger partial charge on any atom is 0.273 e. The van der Waals surface area contributed by atoms with Crippen molar-refractivity contribution < 1.29 is 18.8 Å². The van der Waals surface area contributed by atoms with Gasteiger partial charge in [0.05, 0.1) is 16.8 Å². The molecule has 0 saturated heterocycles. The molecule has 170 valence electrons. The molecule has 8 nitrogen and oxygen atoms in total. The van der Waals surface area contributed by atoms with E-state index >= 15 is 0 Å². The molecule has 0 aliphatic rings. The van der Waals surface area contributed by atoms with Crippen molar-refractivity contribution in [3.05, 3.63) is 102 Å². The normalized spacial score (nSPS) is 10.4. The Morgan fingerprint density at radius 3 is 2.09 bits per heavy atom. The summed E-state index contributed by atoms with van der Waals surface area (Å²) in [7, 11) is 0. The molecule has 0 aliphatic heterocycles. The summed E-state index contributed by atoms with van der Waals surface area (Å²) in [5.74, 6) is -2.68. The maximum atomic E-state index is 14.2. The summed E-state index contributed by atoms with van der Waals surface area (Å²) >= 11 is 0. The Morgan fingerprint density at radius 1 is 0.824 bits per heavy atom. The van der Waals surface area contributed by atoms with Crippen LogP contribution in [0.2, 0.25) is 0 Å². The van der Waals surface area contributed by atoms with Crippen LogP contribution in [0.15, 0.2) is 85.1 Å². The highest BCUT2D eigenvalue weighted by Crippen LogP contribution is 2.23. The number of hydrogen-bond donors (Lipinski definition) is 3. The number of benzene rings is 3.